The fourth-order valence-corrected chi connectivity index (χ4v) is 4.27. The van der Waals surface area contributed by atoms with Crippen LogP contribution in [0.2, 0.25) is 0 Å². The van der Waals surface area contributed by atoms with Crippen LogP contribution in [0.5, 0.6) is 0 Å². The molecule has 0 aromatic carbocycles. The Hall–Kier alpha value is -2.48. The highest BCUT2D eigenvalue weighted by atomic mass is 16.5. The van der Waals surface area contributed by atoms with E-state index in [4.69, 9.17) is 9.72 Å². The first-order chi connectivity index (χ1) is 13.3. The third kappa shape index (κ3) is 3.07. The SMILES string of the molecule is O=C(c1n[nH]c2c1CCC2)N1CCOC(c2ccnc(N3CCCC3)n2)C1. The molecule has 8 nitrogen and oxygen atoms in total. The minimum absolute atomic E-state index is 0.00322. The second-order valence-electron chi connectivity index (χ2n) is 7.47. The predicted octanol–water partition coefficient (Wildman–Crippen LogP) is 1.50. The summed E-state index contributed by atoms with van der Waals surface area (Å²) in [5.41, 5.74) is 3.65. The number of nitrogens with zero attached hydrogens (tertiary/aromatic N) is 5. The Morgan fingerprint density at radius 3 is 2.96 bits per heavy atom. The van der Waals surface area contributed by atoms with Gasteiger partial charge in [-0.25, -0.2) is 9.97 Å². The van der Waals surface area contributed by atoms with Crippen molar-refractivity contribution in [1.29, 1.82) is 0 Å². The van der Waals surface area contributed by atoms with Crippen LogP contribution in [0.1, 0.15) is 52.8 Å². The average molecular weight is 368 g/mol. The van der Waals surface area contributed by atoms with Gasteiger partial charge in [0.15, 0.2) is 5.69 Å². The monoisotopic (exact) mass is 368 g/mol. The number of amides is 1. The number of hydrogen-bond acceptors (Lipinski definition) is 6. The molecule has 5 rings (SSSR count). The van der Waals surface area contributed by atoms with Gasteiger partial charge in [-0.05, 0) is 38.2 Å². The van der Waals surface area contributed by atoms with E-state index in [0.717, 1.165) is 55.3 Å². The van der Waals surface area contributed by atoms with Crippen molar-refractivity contribution in [3.05, 3.63) is 34.9 Å². The molecule has 0 bridgehead atoms. The number of aromatic nitrogens is 4. The summed E-state index contributed by atoms with van der Waals surface area (Å²) in [5, 5.41) is 7.32. The smallest absolute Gasteiger partial charge is 0.274 e. The van der Waals surface area contributed by atoms with Gasteiger partial charge in [0.25, 0.3) is 5.91 Å². The number of morpholine rings is 1. The zero-order chi connectivity index (χ0) is 18.2. The van der Waals surface area contributed by atoms with Gasteiger partial charge in [0, 0.05) is 37.1 Å². The molecule has 1 unspecified atom stereocenters. The summed E-state index contributed by atoms with van der Waals surface area (Å²) >= 11 is 0. The maximum absolute atomic E-state index is 13.0. The van der Waals surface area contributed by atoms with Gasteiger partial charge in [-0.2, -0.15) is 5.10 Å². The standard InChI is InChI=1S/C19H24N6O2/c26-18(17-13-4-3-5-14(13)22-23-17)25-10-11-27-16(12-25)15-6-7-20-19(21-15)24-8-1-2-9-24/h6-7,16H,1-5,8-12H2,(H,22,23). The molecule has 27 heavy (non-hydrogen) atoms. The number of rotatable bonds is 3. The van der Waals surface area contributed by atoms with Gasteiger partial charge in [-0.15, -0.1) is 0 Å². The predicted molar refractivity (Wildman–Crippen MR) is 98.7 cm³/mol. The Morgan fingerprint density at radius 1 is 1.19 bits per heavy atom. The number of nitrogens with one attached hydrogen (secondary N) is 1. The Kier molecular flexibility index (Phi) is 4.27. The number of anilines is 1. The lowest BCUT2D eigenvalue weighted by atomic mass is 10.1. The van der Waals surface area contributed by atoms with Crippen LogP contribution in [-0.2, 0) is 17.6 Å². The molecule has 2 aliphatic heterocycles. The van der Waals surface area contributed by atoms with Crippen LogP contribution in [0.3, 0.4) is 0 Å². The van der Waals surface area contributed by atoms with Crippen LogP contribution < -0.4 is 4.90 Å². The first kappa shape index (κ1) is 16.7. The minimum Gasteiger partial charge on any atom is -0.368 e. The van der Waals surface area contributed by atoms with Crippen molar-refractivity contribution >= 4 is 11.9 Å². The van der Waals surface area contributed by atoms with E-state index >= 15 is 0 Å². The molecule has 3 aliphatic rings. The van der Waals surface area contributed by atoms with Crippen LogP contribution >= 0.6 is 0 Å². The van der Waals surface area contributed by atoms with Crippen LogP contribution in [0.4, 0.5) is 5.95 Å². The number of carbonyl (C=O) groups is 1. The van der Waals surface area contributed by atoms with Crippen molar-refractivity contribution < 1.29 is 9.53 Å². The van der Waals surface area contributed by atoms with Crippen LogP contribution in [0.15, 0.2) is 12.3 Å². The Morgan fingerprint density at radius 2 is 2.07 bits per heavy atom. The molecular formula is C19H24N6O2. The second kappa shape index (κ2) is 6.92. The first-order valence-corrected chi connectivity index (χ1v) is 9.84. The zero-order valence-corrected chi connectivity index (χ0v) is 15.4. The molecule has 1 aliphatic carbocycles. The fraction of sp³-hybridized carbons (Fsp3) is 0.579. The van der Waals surface area contributed by atoms with Crippen molar-refractivity contribution in [3.8, 4) is 0 Å². The number of aryl methyl sites for hydroxylation is 1. The van der Waals surface area contributed by atoms with Crippen molar-refractivity contribution in [2.45, 2.75) is 38.2 Å². The highest BCUT2D eigenvalue weighted by Gasteiger charge is 2.31. The number of fused-ring (bicyclic) bond motifs is 1. The van der Waals surface area contributed by atoms with Crippen molar-refractivity contribution in [1.82, 2.24) is 25.1 Å². The van der Waals surface area contributed by atoms with Crippen molar-refractivity contribution in [2.24, 2.45) is 0 Å². The lowest BCUT2D eigenvalue weighted by Gasteiger charge is -2.32. The highest BCUT2D eigenvalue weighted by Crippen LogP contribution is 2.27. The molecule has 142 valence electrons. The molecule has 1 atom stereocenters. The molecule has 0 radical (unpaired) electrons. The molecule has 0 saturated carbocycles. The van der Waals surface area contributed by atoms with E-state index in [1.807, 2.05) is 11.0 Å². The maximum atomic E-state index is 13.0. The minimum atomic E-state index is -0.223. The first-order valence-electron chi connectivity index (χ1n) is 9.84. The zero-order valence-electron chi connectivity index (χ0n) is 15.4. The van der Waals surface area contributed by atoms with Gasteiger partial charge in [-0.3, -0.25) is 9.89 Å². The van der Waals surface area contributed by atoms with Crippen LogP contribution in [0, 0.1) is 0 Å². The molecule has 1 amide bonds. The van der Waals surface area contributed by atoms with E-state index in [0.29, 0.717) is 25.4 Å². The molecule has 2 fully saturated rings. The van der Waals surface area contributed by atoms with Gasteiger partial charge in [0.2, 0.25) is 5.95 Å². The summed E-state index contributed by atoms with van der Waals surface area (Å²) < 4.78 is 5.94. The number of ether oxygens (including phenoxy) is 1. The largest absolute Gasteiger partial charge is 0.368 e. The van der Waals surface area contributed by atoms with E-state index in [2.05, 4.69) is 20.1 Å². The molecule has 2 aromatic heterocycles. The number of aromatic amines is 1. The topological polar surface area (TPSA) is 87.2 Å². The van der Waals surface area contributed by atoms with Crippen LogP contribution in [-0.4, -0.2) is 63.8 Å². The third-order valence-electron chi connectivity index (χ3n) is 5.75. The molecule has 2 saturated heterocycles. The van der Waals surface area contributed by atoms with Gasteiger partial charge in [0.05, 0.1) is 18.8 Å². The fourth-order valence-electron chi connectivity index (χ4n) is 4.27. The number of hydrogen-bond donors (Lipinski definition) is 1. The number of H-pyrrole nitrogens is 1. The molecule has 1 N–H and O–H groups in total. The lowest BCUT2D eigenvalue weighted by molar-refractivity contribution is -0.0249. The number of carbonyl (C=O) groups excluding carboxylic acids is 1. The third-order valence-corrected chi connectivity index (χ3v) is 5.75. The summed E-state index contributed by atoms with van der Waals surface area (Å²) in [4.78, 5) is 26.2. The highest BCUT2D eigenvalue weighted by molar-refractivity contribution is 5.94. The summed E-state index contributed by atoms with van der Waals surface area (Å²) in [6, 6.07) is 1.89. The molecule has 8 heteroatoms. The second-order valence-corrected chi connectivity index (χ2v) is 7.47. The van der Waals surface area contributed by atoms with Gasteiger partial charge in [0.1, 0.15) is 6.10 Å². The van der Waals surface area contributed by atoms with Crippen LogP contribution in [0.25, 0.3) is 0 Å². The van der Waals surface area contributed by atoms with E-state index in [9.17, 15) is 4.79 Å². The van der Waals surface area contributed by atoms with Crippen molar-refractivity contribution in [2.75, 3.05) is 37.7 Å². The molecular weight excluding hydrogens is 344 g/mol. The summed E-state index contributed by atoms with van der Waals surface area (Å²) in [6.45, 7) is 3.59. The normalized spacial score (nSPS) is 22.3. The van der Waals surface area contributed by atoms with Gasteiger partial charge >= 0.3 is 0 Å². The van der Waals surface area contributed by atoms with E-state index in [1.54, 1.807) is 6.20 Å². The summed E-state index contributed by atoms with van der Waals surface area (Å²) in [5.74, 6) is 0.763. The van der Waals surface area contributed by atoms with Gasteiger partial charge in [-0.1, -0.05) is 0 Å². The Labute approximate surface area is 157 Å². The summed E-state index contributed by atoms with van der Waals surface area (Å²) in [6.07, 6.45) is 6.95. The maximum Gasteiger partial charge on any atom is 0.274 e. The Bertz CT molecular complexity index is 844. The lowest BCUT2D eigenvalue weighted by Crippen LogP contribution is -2.43. The van der Waals surface area contributed by atoms with Gasteiger partial charge < -0.3 is 14.5 Å². The van der Waals surface area contributed by atoms with Crippen molar-refractivity contribution in [3.63, 3.8) is 0 Å². The quantitative estimate of drug-likeness (QED) is 0.883. The summed E-state index contributed by atoms with van der Waals surface area (Å²) in [7, 11) is 0. The van der Waals surface area contributed by atoms with E-state index < -0.39 is 0 Å². The molecule has 0 spiro atoms. The Balaban J connectivity index is 1.33. The average Bonchev–Trinajstić information content (AvgIpc) is 3.45. The van der Waals surface area contributed by atoms with E-state index in [1.165, 1.54) is 12.8 Å². The molecule has 2 aromatic rings. The van der Waals surface area contributed by atoms with E-state index in [-0.39, 0.29) is 12.0 Å². The molecule has 4 heterocycles.